The molecule has 0 aromatic heterocycles. The number of para-hydroxylation sites is 1. The van der Waals surface area contributed by atoms with Crippen molar-refractivity contribution in [2.75, 3.05) is 5.32 Å². The predicted molar refractivity (Wildman–Crippen MR) is 109 cm³/mol. The Balaban J connectivity index is 0.00000118. The predicted octanol–water partition coefficient (Wildman–Crippen LogP) is 5.71. The molecule has 0 heterocycles. The first-order valence-corrected chi connectivity index (χ1v) is 8.54. The highest BCUT2D eigenvalue weighted by Gasteiger charge is 2.24. The van der Waals surface area contributed by atoms with Crippen molar-refractivity contribution < 1.29 is 0 Å². The molecule has 0 saturated heterocycles. The number of nitrogens with one attached hydrogen (secondary N) is 1. The molecule has 1 aromatic carbocycles. The van der Waals surface area contributed by atoms with Crippen LogP contribution in [-0.2, 0) is 0 Å². The van der Waals surface area contributed by atoms with E-state index in [0.29, 0.717) is 5.92 Å². The molecule has 0 saturated carbocycles. The molecule has 0 radical (unpaired) electrons. The van der Waals surface area contributed by atoms with Gasteiger partial charge in [-0.15, -0.1) is 11.8 Å². The van der Waals surface area contributed by atoms with Gasteiger partial charge in [0, 0.05) is 5.69 Å². The van der Waals surface area contributed by atoms with Crippen LogP contribution in [0.3, 0.4) is 0 Å². The molecule has 1 atom stereocenters. The molecule has 0 spiro atoms. The fraction of sp³-hybridized carbons (Fsp3) is 0.524. The van der Waals surface area contributed by atoms with Gasteiger partial charge >= 0.3 is 0 Å². The first kappa shape index (κ1) is 21.9. The third-order valence-corrected chi connectivity index (χ3v) is 4.27. The average Bonchev–Trinajstić information content (AvgIpc) is 2.56. The zero-order chi connectivity index (χ0) is 18.6. The maximum Gasteiger partial charge on any atom is 0.112 e. The monoisotopic (exact) mass is 327 g/mol. The second kappa shape index (κ2) is 11.5. The van der Waals surface area contributed by atoms with Gasteiger partial charge in [-0.25, -0.2) is 4.99 Å². The fourth-order valence-corrected chi connectivity index (χ4v) is 1.84. The van der Waals surface area contributed by atoms with Crippen molar-refractivity contribution in [3.8, 4) is 11.8 Å². The average molecular weight is 328 g/mol. The van der Waals surface area contributed by atoms with Crippen molar-refractivity contribution in [3.63, 3.8) is 0 Å². The molecule has 24 heavy (non-hydrogen) atoms. The van der Waals surface area contributed by atoms with Gasteiger partial charge in [-0.3, -0.25) is 4.99 Å². The van der Waals surface area contributed by atoms with Gasteiger partial charge in [-0.05, 0) is 58.6 Å². The minimum absolute atomic E-state index is 0.0353. The number of aliphatic imine (C=N–C) groups is 2. The van der Waals surface area contributed by atoms with Crippen LogP contribution in [-0.4, -0.2) is 17.7 Å². The number of aryl methyl sites for hydroxylation is 1. The Morgan fingerprint density at radius 1 is 1.25 bits per heavy atom. The van der Waals surface area contributed by atoms with E-state index in [-0.39, 0.29) is 5.54 Å². The highest BCUT2D eigenvalue weighted by Crippen LogP contribution is 2.24. The minimum atomic E-state index is -0.0353. The Labute approximate surface area is 148 Å². The summed E-state index contributed by atoms with van der Waals surface area (Å²) in [5.74, 6) is 6.72. The SMILES string of the molecule is CC#CC.CCC(C)(N=CN=C(C)Nc1ccccc1C)C(C)C. The molecule has 132 valence electrons. The van der Waals surface area contributed by atoms with E-state index >= 15 is 0 Å². The van der Waals surface area contributed by atoms with Crippen molar-refractivity contribution in [2.45, 2.75) is 67.3 Å². The van der Waals surface area contributed by atoms with Crippen LogP contribution >= 0.6 is 0 Å². The van der Waals surface area contributed by atoms with Gasteiger partial charge < -0.3 is 5.32 Å². The summed E-state index contributed by atoms with van der Waals surface area (Å²) in [6.45, 7) is 16.4. The normalized spacial score (nSPS) is 13.6. The van der Waals surface area contributed by atoms with E-state index in [2.05, 4.69) is 73.9 Å². The molecule has 0 aliphatic rings. The Bertz CT molecular complexity index is 597. The van der Waals surface area contributed by atoms with E-state index in [0.717, 1.165) is 17.9 Å². The topological polar surface area (TPSA) is 36.8 Å². The van der Waals surface area contributed by atoms with Gasteiger partial charge in [-0.1, -0.05) is 39.0 Å². The Morgan fingerprint density at radius 2 is 1.83 bits per heavy atom. The molecule has 1 unspecified atom stereocenters. The minimum Gasteiger partial charge on any atom is -0.344 e. The Hall–Kier alpha value is -2.08. The van der Waals surface area contributed by atoms with E-state index in [1.165, 1.54) is 5.56 Å². The lowest BCUT2D eigenvalue weighted by atomic mass is 9.87. The second-order valence-electron chi connectivity index (χ2n) is 6.26. The van der Waals surface area contributed by atoms with Crippen LogP contribution in [0.15, 0.2) is 34.3 Å². The number of anilines is 1. The molecular formula is C21H33N3. The van der Waals surface area contributed by atoms with E-state index in [1.54, 1.807) is 6.34 Å². The molecule has 0 bridgehead atoms. The van der Waals surface area contributed by atoms with Gasteiger partial charge in [-0.2, -0.15) is 0 Å². The number of nitrogens with zero attached hydrogens (tertiary/aromatic N) is 2. The van der Waals surface area contributed by atoms with Crippen LogP contribution in [0.4, 0.5) is 5.69 Å². The van der Waals surface area contributed by atoms with E-state index in [1.807, 2.05) is 32.9 Å². The van der Waals surface area contributed by atoms with Gasteiger partial charge in [0.15, 0.2) is 0 Å². The van der Waals surface area contributed by atoms with Crippen molar-refractivity contribution in [1.82, 2.24) is 0 Å². The summed E-state index contributed by atoms with van der Waals surface area (Å²) >= 11 is 0. The van der Waals surface area contributed by atoms with Gasteiger partial charge in [0.05, 0.1) is 5.54 Å². The zero-order valence-electron chi connectivity index (χ0n) is 16.6. The van der Waals surface area contributed by atoms with Crippen LogP contribution in [0.5, 0.6) is 0 Å². The van der Waals surface area contributed by atoms with Crippen molar-refractivity contribution in [2.24, 2.45) is 15.9 Å². The van der Waals surface area contributed by atoms with Gasteiger partial charge in [0.25, 0.3) is 0 Å². The Kier molecular flexibility index (Phi) is 10.5. The highest BCUT2D eigenvalue weighted by molar-refractivity contribution is 5.98. The van der Waals surface area contributed by atoms with E-state index in [4.69, 9.17) is 0 Å². The molecule has 0 amide bonds. The lowest BCUT2D eigenvalue weighted by molar-refractivity contribution is 0.333. The van der Waals surface area contributed by atoms with Crippen LogP contribution in [0.2, 0.25) is 0 Å². The van der Waals surface area contributed by atoms with Crippen LogP contribution in [0.25, 0.3) is 0 Å². The molecule has 1 rings (SSSR count). The quantitative estimate of drug-likeness (QED) is 0.420. The highest BCUT2D eigenvalue weighted by atomic mass is 15.0. The summed E-state index contributed by atoms with van der Waals surface area (Å²) < 4.78 is 0. The van der Waals surface area contributed by atoms with Crippen molar-refractivity contribution in [3.05, 3.63) is 29.8 Å². The summed E-state index contributed by atoms with van der Waals surface area (Å²) in [6.07, 6.45) is 2.70. The summed E-state index contributed by atoms with van der Waals surface area (Å²) in [7, 11) is 0. The number of hydrogen-bond donors (Lipinski definition) is 1. The molecule has 0 fully saturated rings. The smallest absolute Gasteiger partial charge is 0.112 e. The number of hydrogen-bond acceptors (Lipinski definition) is 1. The van der Waals surface area contributed by atoms with E-state index < -0.39 is 0 Å². The molecule has 0 aliphatic carbocycles. The molecule has 0 aliphatic heterocycles. The van der Waals surface area contributed by atoms with Crippen LogP contribution in [0, 0.1) is 24.7 Å². The van der Waals surface area contributed by atoms with E-state index in [9.17, 15) is 0 Å². The standard InChI is InChI=1S/C17H27N3.C4H6/c1-7-17(6,13(2)3)19-12-18-15(5)20-16-11-9-8-10-14(16)4;1-3-4-2/h8-13H,7H2,1-6H3,(H,18,19,20);1-2H3. The lowest BCUT2D eigenvalue weighted by Crippen LogP contribution is -2.28. The summed E-state index contributed by atoms with van der Waals surface area (Å²) in [6, 6.07) is 8.18. The summed E-state index contributed by atoms with van der Waals surface area (Å²) in [5.41, 5.74) is 2.26. The first-order chi connectivity index (χ1) is 11.3. The number of benzene rings is 1. The summed E-state index contributed by atoms with van der Waals surface area (Å²) in [4.78, 5) is 9.01. The molecule has 1 aromatic rings. The van der Waals surface area contributed by atoms with Gasteiger partial charge in [0.2, 0.25) is 0 Å². The molecular weight excluding hydrogens is 294 g/mol. The van der Waals surface area contributed by atoms with Crippen molar-refractivity contribution >= 4 is 17.9 Å². The third-order valence-electron chi connectivity index (χ3n) is 4.27. The zero-order valence-corrected chi connectivity index (χ0v) is 16.6. The third kappa shape index (κ3) is 7.97. The second-order valence-corrected chi connectivity index (χ2v) is 6.26. The number of amidine groups is 1. The first-order valence-electron chi connectivity index (χ1n) is 8.54. The molecule has 1 N–H and O–H groups in total. The number of rotatable bonds is 5. The Morgan fingerprint density at radius 3 is 2.29 bits per heavy atom. The largest absolute Gasteiger partial charge is 0.344 e. The fourth-order valence-electron chi connectivity index (χ4n) is 1.84. The molecule has 3 heteroatoms. The summed E-state index contributed by atoms with van der Waals surface area (Å²) in [5, 5.41) is 3.30. The maximum atomic E-state index is 4.63. The van der Waals surface area contributed by atoms with Crippen molar-refractivity contribution in [1.29, 1.82) is 0 Å². The van der Waals surface area contributed by atoms with Gasteiger partial charge in [0.1, 0.15) is 12.2 Å². The van der Waals surface area contributed by atoms with Crippen LogP contribution < -0.4 is 5.32 Å². The van der Waals surface area contributed by atoms with Crippen LogP contribution in [0.1, 0.15) is 60.5 Å². The lowest BCUT2D eigenvalue weighted by Gasteiger charge is -2.27. The molecule has 3 nitrogen and oxygen atoms in total. The maximum absolute atomic E-state index is 4.63.